The predicted molar refractivity (Wildman–Crippen MR) is 79.0 cm³/mol. The number of imidazole rings is 1. The summed E-state index contributed by atoms with van der Waals surface area (Å²) in [7, 11) is 1.61. The monoisotopic (exact) mass is 338 g/mol. The summed E-state index contributed by atoms with van der Waals surface area (Å²) in [6.45, 7) is 2.49. The number of nitrogens with zero attached hydrogens (tertiary/aromatic N) is 4. The molecule has 8 heteroatoms. The summed E-state index contributed by atoms with van der Waals surface area (Å²) < 4.78 is 7.93. The third-order valence-corrected chi connectivity index (χ3v) is 3.53. The van der Waals surface area contributed by atoms with Crippen molar-refractivity contribution in [3.8, 4) is 11.8 Å². The standard InChI is InChI=1S/C15H16N4O3.K/c1-3-19-14(20)12-13(17-15(19)21)16-9-18(12)8-10-4-6-11(22-2)7-5-10;/h4-7,9H,3,8H2,1-2H3,(H,17,21);/q;+1/p-1. The van der Waals surface area contributed by atoms with Gasteiger partial charge in [0.25, 0.3) is 5.56 Å². The van der Waals surface area contributed by atoms with Crippen molar-refractivity contribution in [2.24, 2.45) is 0 Å². The molecule has 1 aromatic carbocycles. The molecule has 0 spiro atoms. The Kier molecular flexibility index (Phi) is 5.98. The maximum atomic E-state index is 12.4. The fourth-order valence-electron chi connectivity index (χ4n) is 2.36. The molecule has 0 unspecified atom stereocenters. The summed E-state index contributed by atoms with van der Waals surface area (Å²) in [5.41, 5.74) is 1.17. The van der Waals surface area contributed by atoms with Crippen LogP contribution in [-0.2, 0) is 13.1 Å². The number of aromatic nitrogens is 4. The quantitative estimate of drug-likeness (QED) is 0.502. The van der Waals surface area contributed by atoms with Gasteiger partial charge in [-0.25, -0.2) is 9.97 Å². The minimum Gasteiger partial charge on any atom is -0.846 e. The molecule has 0 saturated heterocycles. The number of ether oxygens (including phenoxy) is 1. The Labute approximate surface area is 175 Å². The fourth-order valence-corrected chi connectivity index (χ4v) is 2.36. The van der Waals surface area contributed by atoms with E-state index in [0.29, 0.717) is 12.1 Å². The number of methoxy groups -OCH3 is 1. The van der Waals surface area contributed by atoms with Crippen LogP contribution < -0.4 is 66.8 Å². The zero-order chi connectivity index (χ0) is 15.7. The molecule has 3 aromatic rings. The van der Waals surface area contributed by atoms with Gasteiger partial charge >= 0.3 is 51.4 Å². The number of benzene rings is 1. The normalized spacial score (nSPS) is 10.5. The van der Waals surface area contributed by atoms with E-state index in [9.17, 15) is 9.90 Å². The summed E-state index contributed by atoms with van der Waals surface area (Å²) >= 11 is 0. The van der Waals surface area contributed by atoms with Crippen molar-refractivity contribution in [3.05, 3.63) is 46.5 Å². The predicted octanol–water partition coefficient (Wildman–Crippen LogP) is -2.25. The Hall–Kier alpha value is -1.19. The first-order chi connectivity index (χ1) is 10.6. The number of hydrogen-bond donors (Lipinski definition) is 0. The first-order valence-electron chi connectivity index (χ1n) is 6.89. The Morgan fingerprint density at radius 2 is 1.96 bits per heavy atom. The van der Waals surface area contributed by atoms with E-state index in [1.54, 1.807) is 18.6 Å². The Bertz CT molecular complexity index is 871. The fraction of sp³-hybridized carbons (Fsp3) is 0.267. The molecule has 0 aliphatic rings. The largest absolute Gasteiger partial charge is 1.00 e. The van der Waals surface area contributed by atoms with Gasteiger partial charge in [0.15, 0.2) is 11.2 Å². The van der Waals surface area contributed by atoms with Crippen molar-refractivity contribution in [1.82, 2.24) is 19.1 Å². The third-order valence-electron chi connectivity index (χ3n) is 3.53. The van der Waals surface area contributed by atoms with E-state index in [2.05, 4.69) is 9.97 Å². The van der Waals surface area contributed by atoms with Gasteiger partial charge in [0.2, 0.25) is 0 Å². The Balaban J connectivity index is 0.00000192. The van der Waals surface area contributed by atoms with E-state index in [4.69, 9.17) is 4.74 Å². The van der Waals surface area contributed by atoms with E-state index >= 15 is 0 Å². The maximum Gasteiger partial charge on any atom is 1.00 e. The number of rotatable bonds is 4. The van der Waals surface area contributed by atoms with Gasteiger partial charge in [-0.05, 0) is 24.6 Å². The van der Waals surface area contributed by atoms with Crippen molar-refractivity contribution >= 4 is 11.2 Å². The molecule has 0 atom stereocenters. The van der Waals surface area contributed by atoms with E-state index in [0.717, 1.165) is 15.9 Å². The summed E-state index contributed by atoms with van der Waals surface area (Å²) in [6.07, 6.45) is 1.53. The second-order valence-electron chi connectivity index (χ2n) is 4.84. The molecule has 0 aliphatic heterocycles. The van der Waals surface area contributed by atoms with Gasteiger partial charge in [0.1, 0.15) is 5.75 Å². The summed E-state index contributed by atoms with van der Waals surface area (Å²) in [5.74, 6) is 0.769. The molecule has 3 rings (SSSR count). The van der Waals surface area contributed by atoms with Gasteiger partial charge < -0.3 is 19.0 Å². The van der Waals surface area contributed by atoms with Crippen LogP contribution in [0.2, 0.25) is 0 Å². The molecule has 7 nitrogen and oxygen atoms in total. The first kappa shape index (κ1) is 18.1. The molecule has 0 fully saturated rings. The van der Waals surface area contributed by atoms with Crippen LogP contribution in [0.4, 0.5) is 0 Å². The zero-order valence-corrected chi connectivity index (χ0v) is 16.4. The van der Waals surface area contributed by atoms with Crippen molar-refractivity contribution in [1.29, 1.82) is 0 Å². The molecular weight excluding hydrogens is 323 g/mol. The molecule has 2 aromatic heterocycles. The van der Waals surface area contributed by atoms with Gasteiger partial charge in [0.05, 0.1) is 19.4 Å². The van der Waals surface area contributed by atoms with E-state index in [1.165, 1.54) is 6.33 Å². The molecule has 114 valence electrons. The van der Waals surface area contributed by atoms with Gasteiger partial charge in [-0.3, -0.25) is 4.79 Å². The summed E-state index contributed by atoms with van der Waals surface area (Å²) in [6, 6.07) is 6.98. The van der Waals surface area contributed by atoms with Crippen LogP contribution in [0, 0.1) is 0 Å². The third kappa shape index (κ3) is 3.51. The van der Waals surface area contributed by atoms with Gasteiger partial charge in [-0.1, -0.05) is 12.1 Å². The summed E-state index contributed by atoms with van der Waals surface area (Å²) in [5, 5.41) is 11.7. The maximum absolute atomic E-state index is 12.4. The molecule has 0 radical (unpaired) electrons. The van der Waals surface area contributed by atoms with Gasteiger partial charge in [0, 0.05) is 13.1 Å². The van der Waals surface area contributed by atoms with Crippen LogP contribution in [0.25, 0.3) is 11.2 Å². The second kappa shape index (κ2) is 7.58. The van der Waals surface area contributed by atoms with Crippen LogP contribution in [0.1, 0.15) is 12.5 Å². The Morgan fingerprint density at radius 3 is 2.57 bits per heavy atom. The van der Waals surface area contributed by atoms with Crippen LogP contribution in [-0.4, -0.2) is 26.2 Å². The second-order valence-corrected chi connectivity index (χ2v) is 4.84. The van der Waals surface area contributed by atoms with Crippen molar-refractivity contribution < 1.29 is 61.2 Å². The molecule has 2 heterocycles. The van der Waals surface area contributed by atoms with E-state index < -0.39 is 6.01 Å². The topological polar surface area (TPSA) is 85.0 Å². The van der Waals surface area contributed by atoms with Gasteiger partial charge in [-0.2, -0.15) is 0 Å². The number of fused-ring (bicyclic) bond motifs is 1. The minimum atomic E-state index is -0.560. The molecule has 23 heavy (non-hydrogen) atoms. The zero-order valence-electron chi connectivity index (χ0n) is 13.3. The van der Waals surface area contributed by atoms with Crippen molar-refractivity contribution in [2.75, 3.05) is 7.11 Å². The molecule has 0 N–H and O–H groups in total. The summed E-state index contributed by atoms with van der Waals surface area (Å²) in [4.78, 5) is 20.3. The van der Waals surface area contributed by atoms with E-state index in [-0.39, 0.29) is 69.1 Å². The van der Waals surface area contributed by atoms with Gasteiger partial charge in [-0.15, -0.1) is 0 Å². The van der Waals surface area contributed by atoms with Crippen molar-refractivity contribution in [2.45, 2.75) is 20.0 Å². The SMILES string of the molecule is CCn1c([O-])nc2ncn(Cc3ccc(OC)cc3)c2c1=O.[K+]. The molecule has 0 aliphatic carbocycles. The first-order valence-corrected chi connectivity index (χ1v) is 6.89. The Morgan fingerprint density at radius 1 is 1.26 bits per heavy atom. The molecular formula is C15H15KN4O3. The minimum absolute atomic E-state index is 0. The average Bonchev–Trinajstić information content (AvgIpc) is 2.91. The van der Waals surface area contributed by atoms with E-state index in [1.807, 2.05) is 24.3 Å². The molecule has 0 saturated carbocycles. The number of hydrogen-bond acceptors (Lipinski definition) is 5. The molecule has 0 amide bonds. The molecule has 0 bridgehead atoms. The van der Waals surface area contributed by atoms with Crippen LogP contribution in [0.3, 0.4) is 0 Å². The van der Waals surface area contributed by atoms with Crippen molar-refractivity contribution in [3.63, 3.8) is 0 Å². The van der Waals surface area contributed by atoms with Crippen LogP contribution in [0.5, 0.6) is 11.8 Å². The average molecular weight is 338 g/mol. The smallest absolute Gasteiger partial charge is 0.846 e. The van der Waals surface area contributed by atoms with Crippen LogP contribution >= 0.6 is 0 Å². The van der Waals surface area contributed by atoms with Crippen LogP contribution in [0.15, 0.2) is 35.4 Å².